The van der Waals surface area contributed by atoms with Crippen LogP contribution in [0.25, 0.3) is 0 Å². The average Bonchev–Trinajstić information content (AvgIpc) is 3.02. The summed E-state index contributed by atoms with van der Waals surface area (Å²) < 4.78 is 4.87. The van der Waals surface area contributed by atoms with E-state index in [0.717, 1.165) is 0 Å². The third-order valence-corrected chi connectivity index (χ3v) is 3.44. The Balaban J connectivity index is 1.74. The number of nitrogens with one attached hydrogen (secondary N) is 1. The predicted molar refractivity (Wildman–Crippen MR) is 85.5 cm³/mol. The molecule has 0 bridgehead atoms. The van der Waals surface area contributed by atoms with E-state index in [1.165, 1.54) is 6.20 Å². The molecule has 1 heterocycles. The van der Waals surface area contributed by atoms with Gasteiger partial charge in [0, 0.05) is 16.8 Å². The van der Waals surface area contributed by atoms with E-state index in [0.29, 0.717) is 28.1 Å². The lowest BCUT2D eigenvalue weighted by molar-refractivity contribution is 0.102. The maximum atomic E-state index is 12.3. The van der Waals surface area contributed by atoms with E-state index in [4.69, 9.17) is 4.52 Å². The largest absolute Gasteiger partial charge is 0.361 e. The Hall–Kier alpha value is -3.21. The summed E-state index contributed by atoms with van der Waals surface area (Å²) in [4.78, 5) is 24.4. The van der Waals surface area contributed by atoms with Gasteiger partial charge in [-0.1, -0.05) is 35.5 Å². The highest BCUT2D eigenvalue weighted by atomic mass is 16.5. The summed E-state index contributed by atoms with van der Waals surface area (Å²) in [6.45, 7) is 1.67. The summed E-state index contributed by atoms with van der Waals surface area (Å²) in [5, 5.41) is 6.32. The van der Waals surface area contributed by atoms with Crippen LogP contribution in [-0.2, 0) is 0 Å². The molecule has 1 aromatic heterocycles. The molecular weight excluding hydrogens is 292 g/mol. The van der Waals surface area contributed by atoms with Crippen molar-refractivity contribution in [2.24, 2.45) is 0 Å². The molecule has 5 heteroatoms. The molecule has 114 valence electrons. The minimum Gasteiger partial charge on any atom is -0.361 e. The van der Waals surface area contributed by atoms with Gasteiger partial charge in [-0.05, 0) is 31.2 Å². The Kier molecular flexibility index (Phi) is 4.01. The Bertz CT molecular complexity index is 836. The molecule has 0 saturated heterocycles. The zero-order chi connectivity index (χ0) is 16.2. The fourth-order valence-electron chi connectivity index (χ4n) is 2.18. The molecule has 0 radical (unpaired) electrons. The molecule has 3 rings (SSSR count). The minimum absolute atomic E-state index is 0.0571. The number of nitrogens with zero attached hydrogens (tertiary/aromatic N) is 1. The molecule has 23 heavy (non-hydrogen) atoms. The van der Waals surface area contributed by atoms with E-state index in [1.54, 1.807) is 43.3 Å². The summed E-state index contributed by atoms with van der Waals surface area (Å²) in [6, 6.07) is 15.8. The van der Waals surface area contributed by atoms with Crippen LogP contribution in [0.1, 0.15) is 32.0 Å². The van der Waals surface area contributed by atoms with Crippen LogP contribution >= 0.6 is 0 Å². The van der Waals surface area contributed by atoms with Crippen molar-refractivity contribution in [2.45, 2.75) is 6.92 Å². The highest BCUT2D eigenvalue weighted by Crippen LogP contribution is 2.15. The molecule has 0 spiro atoms. The van der Waals surface area contributed by atoms with Gasteiger partial charge in [0.15, 0.2) is 5.78 Å². The number of benzene rings is 2. The van der Waals surface area contributed by atoms with Crippen molar-refractivity contribution >= 4 is 17.4 Å². The first-order valence-electron chi connectivity index (χ1n) is 7.07. The van der Waals surface area contributed by atoms with Crippen molar-refractivity contribution in [2.75, 3.05) is 5.32 Å². The highest BCUT2D eigenvalue weighted by Gasteiger charge is 2.13. The van der Waals surface area contributed by atoms with Crippen molar-refractivity contribution in [3.8, 4) is 0 Å². The summed E-state index contributed by atoms with van der Waals surface area (Å²) in [5.74, 6) is 0.0996. The number of carbonyl (C=O) groups is 2. The number of hydrogen-bond donors (Lipinski definition) is 1. The monoisotopic (exact) mass is 306 g/mol. The van der Waals surface area contributed by atoms with Gasteiger partial charge in [-0.15, -0.1) is 0 Å². The van der Waals surface area contributed by atoms with Crippen LogP contribution in [0.2, 0.25) is 0 Å². The summed E-state index contributed by atoms with van der Waals surface area (Å²) >= 11 is 0. The molecule has 0 fully saturated rings. The normalized spacial score (nSPS) is 10.3. The van der Waals surface area contributed by atoms with Gasteiger partial charge in [-0.3, -0.25) is 9.59 Å². The number of aromatic nitrogens is 1. The molecule has 3 aromatic rings. The maximum absolute atomic E-state index is 12.3. The van der Waals surface area contributed by atoms with Gasteiger partial charge in [-0.2, -0.15) is 0 Å². The molecule has 0 aliphatic heterocycles. The zero-order valence-corrected chi connectivity index (χ0v) is 12.4. The molecular formula is C18H14N2O3. The van der Waals surface area contributed by atoms with Crippen molar-refractivity contribution < 1.29 is 14.1 Å². The van der Waals surface area contributed by atoms with E-state index in [2.05, 4.69) is 10.5 Å². The predicted octanol–water partition coefficient (Wildman–Crippen LogP) is 3.47. The minimum atomic E-state index is -0.300. The summed E-state index contributed by atoms with van der Waals surface area (Å²) in [5.41, 5.74) is 2.18. The summed E-state index contributed by atoms with van der Waals surface area (Å²) in [6.07, 6.45) is 1.37. The molecule has 0 aliphatic rings. The fourth-order valence-corrected chi connectivity index (χ4v) is 2.18. The van der Waals surface area contributed by atoms with Crippen LogP contribution in [0.15, 0.2) is 65.3 Å². The van der Waals surface area contributed by atoms with E-state index >= 15 is 0 Å². The van der Waals surface area contributed by atoms with Crippen LogP contribution in [0.3, 0.4) is 0 Å². The summed E-state index contributed by atoms with van der Waals surface area (Å²) in [7, 11) is 0. The number of ketones is 1. The first kappa shape index (κ1) is 14.7. The second-order valence-corrected chi connectivity index (χ2v) is 5.02. The molecule has 1 amide bonds. The van der Waals surface area contributed by atoms with Crippen LogP contribution in [-0.4, -0.2) is 16.8 Å². The first-order chi connectivity index (χ1) is 11.1. The molecule has 1 N–H and O–H groups in total. The van der Waals surface area contributed by atoms with Gasteiger partial charge < -0.3 is 9.84 Å². The van der Waals surface area contributed by atoms with Crippen LogP contribution < -0.4 is 5.32 Å². The first-order valence-corrected chi connectivity index (χ1v) is 7.07. The average molecular weight is 306 g/mol. The molecule has 0 aliphatic carbocycles. The second kappa shape index (κ2) is 6.27. The van der Waals surface area contributed by atoms with Crippen molar-refractivity contribution in [3.05, 3.63) is 83.2 Å². The molecule has 0 unspecified atom stereocenters. The van der Waals surface area contributed by atoms with Gasteiger partial charge in [0.25, 0.3) is 5.91 Å². The molecule has 0 atom stereocenters. The van der Waals surface area contributed by atoms with Crippen LogP contribution in [0.5, 0.6) is 0 Å². The van der Waals surface area contributed by atoms with Gasteiger partial charge in [0.1, 0.15) is 11.3 Å². The van der Waals surface area contributed by atoms with Crippen LogP contribution in [0, 0.1) is 6.92 Å². The highest BCUT2D eigenvalue weighted by molar-refractivity contribution is 6.09. The Morgan fingerprint density at radius 3 is 2.22 bits per heavy atom. The molecule has 5 nitrogen and oxygen atoms in total. The Morgan fingerprint density at radius 1 is 0.957 bits per heavy atom. The number of carbonyl (C=O) groups excluding carboxylic acids is 2. The number of aryl methyl sites for hydroxylation is 1. The number of rotatable bonds is 4. The quantitative estimate of drug-likeness (QED) is 0.749. The topological polar surface area (TPSA) is 72.2 Å². The standard InChI is InChI=1S/C18H14N2O3/c1-12-16(11-19-23-12)18(22)20-15-9-7-14(8-10-15)17(21)13-5-3-2-4-6-13/h2-11H,1H3,(H,20,22). The number of amides is 1. The van der Waals surface area contributed by atoms with Gasteiger partial charge >= 0.3 is 0 Å². The van der Waals surface area contributed by atoms with Crippen molar-refractivity contribution in [1.82, 2.24) is 5.16 Å². The van der Waals surface area contributed by atoms with E-state index in [1.807, 2.05) is 18.2 Å². The smallest absolute Gasteiger partial charge is 0.260 e. The zero-order valence-electron chi connectivity index (χ0n) is 12.4. The number of hydrogen-bond acceptors (Lipinski definition) is 4. The lowest BCUT2D eigenvalue weighted by Crippen LogP contribution is -2.12. The van der Waals surface area contributed by atoms with Gasteiger partial charge in [-0.25, -0.2) is 0 Å². The molecule has 2 aromatic carbocycles. The Labute approximate surface area is 132 Å². The van der Waals surface area contributed by atoms with Crippen LogP contribution in [0.4, 0.5) is 5.69 Å². The third kappa shape index (κ3) is 3.18. The van der Waals surface area contributed by atoms with E-state index < -0.39 is 0 Å². The van der Waals surface area contributed by atoms with Crippen molar-refractivity contribution in [1.29, 1.82) is 0 Å². The Morgan fingerprint density at radius 2 is 1.61 bits per heavy atom. The lowest BCUT2D eigenvalue weighted by atomic mass is 10.0. The van der Waals surface area contributed by atoms with Gasteiger partial charge in [0.2, 0.25) is 0 Å². The van der Waals surface area contributed by atoms with E-state index in [9.17, 15) is 9.59 Å². The number of anilines is 1. The fraction of sp³-hybridized carbons (Fsp3) is 0.0556. The maximum Gasteiger partial charge on any atom is 0.260 e. The van der Waals surface area contributed by atoms with E-state index in [-0.39, 0.29) is 11.7 Å². The second-order valence-electron chi connectivity index (χ2n) is 5.02. The molecule has 0 saturated carbocycles. The third-order valence-electron chi connectivity index (χ3n) is 3.44. The SMILES string of the molecule is Cc1oncc1C(=O)Nc1ccc(C(=O)c2ccccc2)cc1. The lowest BCUT2D eigenvalue weighted by Gasteiger charge is -2.05. The van der Waals surface area contributed by atoms with Gasteiger partial charge in [0.05, 0.1) is 6.20 Å². The van der Waals surface area contributed by atoms with Crippen molar-refractivity contribution in [3.63, 3.8) is 0 Å².